The van der Waals surface area contributed by atoms with E-state index in [0.717, 1.165) is 27.9 Å². The monoisotopic (exact) mass is 436 g/mol. The molecule has 0 fully saturated rings. The molecule has 1 N–H and O–H groups in total. The van der Waals surface area contributed by atoms with E-state index in [2.05, 4.69) is 25.0 Å². The zero-order valence-corrected chi connectivity index (χ0v) is 19.2. The topological polar surface area (TPSA) is 89.6 Å². The van der Waals surface area contributed by atoms with Crippen LogP contribution in [0.15, 0.2) is 35.4 Å². The molecule has 1 aromatic carbocycles. The summed E-state index contributed by atoms with van der Waals surface area (Å²) in [4.78, 5) is 24.1. The highest BCUT2D eigenvalue weighted by molar-refractivity contribution is 5.88. The van der Waals surface area contributed by atoms with E-state index in [1.54, 1.807) is 11.8 Å². The lowest BCUT2D eigenvalue weighted by Gasteiger charge is -2.38. The van der Waals surface area contributed by atoms with E-state index in [9.17, 15) is 14.7 Å². The molecule has 0 saturated heterocycles. The van der Waals surface area contributed by atoms with Crippen molar-refractivity contribution in [3.05, 3.63) is 57.6 Å². The van der Waals surface area contributed by atoms with Gasteiger partial charge in [0.05, 0.1) is 25.5 Å². The van der Waals surface area contributed by atoms with Crippen LogP contribution in [0, 0.1) is 6.92 Å². The van der Waals surface area contributed by atoms with Crippen LogP contribution >= 0.6 is 0 Å². The van der Waals surface area contributed by atoms with Gasteiger partial charge in [0.1, 0.15) is 11.3 Å². The van der Waals surface area contributed by atoms with E-state index in [1.807, 2.05) is 42.7 Å². The smallest absolute Gasteiger partial charge is 0.341 e. The van der Waals surface area contributed by atoms with Crippen molar-refractivity contribution in [2.75, 3.05) is 12.1 Å². The highest BCUT2D eigenvalue weighted by Gasteiger charge is 2.28. The average molecular weight is 437 g/mol. The molecule has 1 aliphatic rings. The van der Waals surface area contributed by atoms with Gasteiger partial charge in [-0.15, -0.1) is 0 Å². The van der Waals surface area contributed by atoms with Crippen LogP contribution in [0.25, 0.3) is 22.4 Å². The zero-order chi connectivity index (χ0) is 23.3. The summed E-state index contributed by atoms with van der Waals surface area (Å²) in [5.41, 5.74) is 4.77. The van der Waals surface area contributed by atoms with Crippen molar-refractivity contribution in [2.24, 2.45) is 0 Å². The molecule has 3 heterocycles. The Bertz CT molecular complexity index is 1270. The van der Waals surface area contributed by atoms with Crippen LogP contribution < -0.4 is 15.2 Å². The molecule has 2 aromatic heterocycles. The van der Waals surface area contributed by atoms with Gasteiger partial charge in [0.15, 0.2) is 5.43 Å². The highest BCUT2D eigenvalue weighted by atomic mass is 16.5. The lowest BCUT2D eigenvalue weighted by atomic mass is 9.94. The number of methoxy groups -OCH3 is 1. The third kappa shape index (κ3) is 3.36. The molecule has 1 aliphatic heterocycles. The number of hydrogen-bond donors (Lipinski definition) is 1. The first-order valence-electron chi connectivity index (χ1n) is 10.7. The first-order chi connectivity index (χ1) is 15.1. The quantitative estimate of drug-likeness (QED) is 0.654. The van der Waals surface area contributed by atoms with Crippen LogP contribution in [-0.4, -0.2) is 38.7 Å². The molecular formula is C24H28N4O4. The van der Waals surface area contributed by atoms with E-state index >= 15 is 0 Å². The minimum absolute atomic E-state index is 0.0852. The van der Waals surface area contributed by atoms with E-state index < -0.39 is 11.4 Å². The molecule has 32 heavy (non-hydrogen) atoms. The number of rotatable bonds is 5. The molecule has 0 atom stereocenters. The van der Waals surface area contributed by atoms with Crippen LogP contribution in [-0.2, 0) is 6.54 Å². The number of carbonyl (C=O) groups is 1. The summed E-state index contributed by atoms with van der Waals surface area (Å²) in [7, 11) is 1.62. The Morgan fingerprint density at radius 3 is 2.38 bits per heavy atom. The number of fused-ring (bicyclic) bond motifs is 3. The second kappa shape index (κ2) is 7.85. The molecule has 168 valence electrons. The summed E-state index contributed by atoms with van der Waals surface area (Å²) in [6.45, 7) is 10.9. The Hall–Kier alpha value is -3.55. The second-order valence-corrected chi connectivity index (χ2v) is 8.67. The second-order valence-electron chi connectivity index (χ2n) is 8.67. The number of aromatic nitrogens is 3. The van der Waals surface area contributed by atoms with Crippen molar-refractivity contribution in [3.8, 4) is 28.1 Å². The van der Waals surface area contributed by atoms with Crippen molar-refractivity contribution in [3.63, 3.8) is 0 Å². The van der Waals surface area contributed by atoms with Crippen molar-refractivity contribution in [1.29, 1.82) is 0 Å². The summed E-state index contributed by atoms with van der Waals surface area (Å²) < 4.78 is 9.50. The molecular weight excluding hydrogens is 408 g/mol. The number of carboxylic acid groups (broad SMARTS) is 1. The molecule has 3 aromatic rings. The number of hydrogen-bond acceptors (Lipinski definition) is 5. The maximum Gasteiger partial charge on any atom is 0.341 e. The fourth-order valence-corrected chi connectivity index (χ4v) is 4.36. The van der Waals surface area contributed by atoms with Crippen molar-refractivity contribution < 1.29 is 14.6 Å². The van der Waals surface area contributed by atoms with Gasteiger partial charge in [0.25, 0.3) is 0 Å². The van der Waals surface area contributed by atoms with Gasteiger partial charge >= 0.3 is 5.97 Å². The standard InChI is InChI=1S/C24H28N4O4/c1-13(2)26-11-16-7-18(19-10-25-28(14(3)4)15(19)5)23(32-6)8-17(16)21-9-22(29)20(24(30)31)12-27(21)26/h7-10,12-14H,11H2,1-6H3,(H,30,31). The number of carboxylic acids is 1. The minimum Gasteiger partial charge on any atom is -0.496 e. The number of ether oxygens (including phenoxy) is 1. The van der Waals surface area contributed by atoms with E-state index in [4.69, 9.17) is 4.74 Å². The van der Waals surface area contributed by atoms with Crippen molar-refractivity contribution >= 4 is 5.97 Å². The normalized spacial score (nSPS) is 12.8. The van der Waals surface area contributed by atoms with E-state index in [0.29, 0.717) is 18.0 Å². The van der Waals surface area contributed by atoms with Gasteiger partial charge in [-0.1, -0.05) is 0 Å². The molecule has 0 amide bonds. The van der Waals surface area contributed by atoms with Gasteiger partial charge in [-0.05, 0) is 52.3 Å². The van der Waals surface area contributed by atoms with E-state index in [-0.39, 0.29) is 17.6 Å². The number of aromatic carboxylic acids is 1. The van der Waals surface area contributed by atoms with Gasteiger partial charge in [0, 0.05) is 46.7 Å². The zero-order valence-electron chi connectivity index (χ0n) is 19.2. The third-order valence-corrected chi connectivity index (χ3v) is 5.99. The molecule has 8 nitrogen and oxygen atoms in total. The van der Waals surface area contributed by atoms with Gasteiger partial charge in [-0.3, -0.25) is 14.2 Å². The first-order valence-corrected chi connectivity index (χ1v) is 10.7. The lowest BCUT2D eigenvalue weighted by molar-refractivity contribution is 0.0694. The Morgan fingerprint density at radius 2 is 1.81 bits per heavy atom. The van der Waals surface area contributed by atoms with Gasteiger partial charge in [-0.2, -0.15) is 5.10 Å². The predicted molar refractivity (Wildman–Crippen MR) is 123 cm³/mol. The summed E-state index contributed by atoms with van der Waals surface area (Å²) in [5.74, 6) is -0.556. The van der Waals surface area contributed by atoms with Crippen molar-refractivity contribution in [1.82, 2.24) is 14.5 Å². The molecule has 4 rings (SSSR count). The largest absolute Gasteiger partial charge is 0.496 e. The Labute approximate surface area is 186 Å². The fraction of sp³-hybridized carbons (Fsp3) is 0.375. The third-order valence-electron chi connectivity index (χ3n) is 5.99. The van der Waals surface area contributed by atoms with Crippen LogP contribution in [0.1, 0.15) is 55.4 Å². The summed E-state index contributed by atoms with van der Waals surface area (Å²) in [6, 6.07) is 5.75. The molecule has 0 saturated carbocycles. The molecule has 8 heteroatoms. The Kier molecular flexibility index (Phi) is 5.32. The molecule has 0 aliphatic carbocycles. The number of nitrogens with zero attached hydrogens (tertiary/aromatic N) is 4. The molecule has 0 bridgehead atoms. The van der Waals surface area contributed by atoms with Crippen LogP contribution in [0.3, 0.4) is 0 Å². The lowest BCUT2D eigenvalue weighted by Crippen LogP contribution is -2.44. The van der Waals surface area contributed by atoms with Gasteiger partial charge in [0.2, 0.25) is 0 Å². The summed E-state index contributed by atoms with van der Waals surface area (Å²) in [6.07, 6.45) is 3.28. The summed E-state index contributed by atoms with van der Waals surface area (Å²) in [5, 5.41) is 16.0. The van der Waals surface area contributed by atoms with Gasteiger partial charge in [-0.25, -0.2) is 4.79 Å². The van der Waals surface area contributed by atoms with Crippen LogP contribution in [0.2, 0.25) is 0 Å². The summed E-state index contributed by atoms with van der Waals surface area (Å²) >= 11 is 0. The van der Waals surface area contributed by atoms with Crippen molar-refractivity contribution in [2.45, 2.75) is 53.2 Å². The predicted octanol–water partition coefficient (Wildman–Crippen LogP) is 3.83. The van der Waals surface area contributed by atoms with Crippen LogP contribution in [0.4, 0.5) is 0 Å². The fourth-order valence-electron chi connectivity index (χ4n) is 4.36. The minimum atomic E-state index is -1.23. The van der Waals surface area contributed by atoms with Crippen LogP contribution in [0.5, 0.6) is 5.75 Å². The first kappa shape index (κ1) is 21.7. The maximum absolute atomic E-state index is 12.5. The SMILES string of the molecule is COc1cc2c(cc1-c1cnn(C(C)C)c1C)CN(C(C)C)n1cc(C(=O)O)c(=O)cc1-2. The Balaban J connectivity index is 1.96. The van der Waals surface area contributed by atoms with E-state index in [1.165, 1.54) is 12.3 Å². The average Bonchev–Trinajstić information content (AvgIpc) is 3.12. The molecule has 0 unspecified atom stereocenters. The Morgan fingerprint density at radius 1 is 1.09 bits per heavy atom. The van der Waals surface area contributed by atoms with Gasteiger partial charge < -0.3 is 14.9 Å². The molecule has 0 radical (unpaired) electrons. The number of pyridine rings is 1. The molecule has 0 spiro atoms. The highest BCUT2D eigenvalue weighted by Crippen LogP contribution is 2.40. The maximum atomic E-state index is 12.5. The number of benzene rings is 1.